The Hall–Kier alpha value is -2.08. The number of rotatable bonds is 8. The fraction of sp³-hybridized carbons (Fsp3) is 0.579. The largest absolute Gasteiger partial charge is 0.453 e. The van der Waals surface area contributed by atoms with E-state index in [4.69, 9.17) is 0 Å². The second-order valence-electron chi connectivity index (χ2n) is 6.42. The number of ether oxygens (including phenoxy) is 1. The highest BCUT2D eigenvalue weighted by molar-refractivity contribution is 5.96. The third-order valence-corrected chi connectivity index (χ3v) is 4.44. The van der Waals surface area contributed by atoms with Crippen molar-refractivity contribution in [3.05, 3.63) is 29.8 Å². The van der Waals surface area contributed by atoms with Gasteiger partial charge in [0.05, 0.1) is 7.11 Å². The molecule has 1 fully saturated rings. The Morgan fingerprint density at radius 2 is 1.92 bits per heavy atom. The molecule has 0 unspecified atom stereocenters. The zero-order chi connectivity index (χ0) is 17.9. The molecule has 2 N–H and O–H groups in total. The normalized spacial score (nSPS) is 14.8. The summed E-state index contributed by atoms with van der Waals surface area (Å²) in [6.07, 6.45) is 6.79. The van der Waals surface area contributed by atoms with E-state index in [1.165, 1.54) is 52.4 Å². The number of anilines is 1. The molecule has 2 rings (SSSR count). The summed E-state index contributed by atoms with van der Waals surface area (Å²) >= 11 is 0. The lowest BCUT2D eigenvalue weighted by Crippen LogP contribution is -2.30. The minimum Gasteiger partial charge on any atom is -0.453 e. The molecule has 0 spiro atoms. The molecule has 0 aromatic heterocycles. The van der Waals surface area contributed by atoms with Crippen molar-refractivity contribution in [2.45, 2.75) is 38.5 Å². The van der Waals surface area contributed by atoms with E-state index >= 15 is 0 Å². The van der Waals surface area contributed by atoms with Crippen molar-refractivity contribution in [3.8, 4) is 0 Å². The molecule has 0 radical (unpaired) electrons. The number of carbonyl (C=O) groups is 2. The van der Waals surface area contributed by atoms with Gasteiger partial charge >= 0.3 is 6.09 Å². The number of hydrogen-bond acceptors (Lipinski definition) is 4. The molecule has 25 heavy (non-hydrogen) atoms. The van der Waals surface area contributed by atoms with Crippen molar-refractivity contribution >= 4 is 17.7 Å². The Labute approximate surface area is 149 Å². The number of amides is 2. The van der Waals surface area contributed by atoms with Crippen molar-refractivity contribution in [2.75, 3.05) is 38.6 Å². The van der Waals surface area contributed by atoms with Crippen LogP contribution in [0.25, 0.3) is 0 Å². The van der Waals surface area contributed by atoms with Gasteiger partial charge in [-0.25, -0.2) is 4.79 Å². The van der Waals surface area contributed by atoms with E-state index in [1.54, 1.807) is 24.3 Å². The zero-order valence-electron chi connectivity index (χ0n) is 15.1. The molecule has 1 aliphatic rings. The second kappa shape index (κ2) is 10.7. The predicted octanol–water partition coefficient (Wildman–Crippen LogP) is 3.25. The van der Waals surface area contributed by atoms with E-state index < -0.39 is 6.09 Å². The van der Waals surface area contributed by atoms with Gasteiger partial charge in [0.25, 0.3) is 5.91 Å². The molecule has 0 aliphatic carbocycles. The molecule has 1 aromatic carbocycles. The predicted molar refractivity (Wildman–Crippen MR) is 98.9 cm³/mol. The first-order valence-corrected chi connectivity index (χ1v) is 9.14. The maximum absolute atomic E-state index is 12.2. The summed E-state index contributed by atoms with van der Waals surface area (Å²) in [5.41, 5.74) is 1.07. The Balaban J connectivity index is 1.63. The van der Waals surface area contributed by atoms with Crippen LogP contribution < -0.4 is 10.6 Å². The Morgan fingerprint density at radius 3 is 2.68 bits per heavy atom. The van der Waals surface area contributed by atoms with Gasteiger partial charge in [0.1, 0.15) is 0 Å². The minimum atomic E-state index is -0.550. The highest BCUT2D eigenvalue weighted by Gasteiger charge is 2.09. The summed E-state index contributed by atoms with van der Waals surface area (Å²) in [5, 5.41) is 5.49. The molecule has 1 aromatic rings. The fourth-order valence-corrected chi connectivity index (χ4v) is 3.03. The monoisotopic (exact) mass is 347 g/mol. The standard InChI is InChI=1S/C19H29N3O3/c1-25-19(24)21-17-10-8-9-16(15-17)18(23)20-11-4-2-5-12-22-13-6-3-7-14-22/h8-10,15H,2-7,11-14H2,1H3,(H,20,23)(H,21,24). The van der Waals surface area contributed by atoms with Gasteiger partial charge in [-0.2, -0.15) is 0 Å². The van der Waals surface area contributed by atoms with Crippen LogP contribution in [0.5, 0.6) is 0 Å². The number of piperidine rings is 1. The van der Waals surface area contributed by atoms with Gasteiger partial charge in [-0.15, -0.1) is 0 Å². The first-order valence-electron chi connectivity index (χ1n) is 9.14. The van der Waals surface area contributed by atoms with Crippen LogP contribution in [-0.2, 0) is 4.74 Å². The van der Waals surface area contributed by atoms with E-state index in [9.17, 15) is 9.59 Å². The highest BCUT2D eigenvalue weighted by atomic mass is 16.5. The SMILES string of the molecule is COC(=O)Nc1cccc(C(=O)NCCCCCN2CCCCC2)c1. The van der Waals surface area contributed by atoms with Crippen LogP contribution in [0.1, 0.15) is 48.9 Å². The summed E-state index contributed by atoms with van der Waals surface area (Å²) < 4.78 is 4.55. The summed E-state index contributed by atoms with van der Waals surface area (Å²) in [6.45, 7) is 4.34. The van der Waals surface area contributed by atoms with Crippen LogP contribution in [-0.4, -0.2) is 50.2 Å². The average molecular weight is 347 g/mol. The average Bonchev–Trinajstić information content (AvgIpc) is 2.65. The molecule has 6 nitrogen and oxygen atoms in total. The smallest absolute Gasteiger partial charge is 0.411 e. The topological polar surface area (TPSA) is 70.7 Å². The van der Waals surface area contributed by atoms with Gasteiger partial charge in [0.15, 0.2) is 0 Å². The molecule has 0 bridgehead atoms. The van der Waals surface area contributed by atoms with E-state index in [0.29, 0.717) is 17.8 Å². The first kappa shape index (κ1) is 19.2. The Bertz CT molecular complexity index is 557. The van der Waals surface area contributed by atoms with Crippen LogP contribution in [0.4, 0.5) is 10.5 Å². The van der Waals surface area contributed by atoms with Crippen molar-refractivity contribution < 1.29 is 14.3 Å². The number of unbranched alkanes of at least 4 members (excludes halogenated alkanes) is 2. The van der Waals surface area contributed by atoms with Crippen molar-refractivity contribution in [2.24, 2.45) is 0 Å². The van der Waals surface area contributed by atoms with E-state index in [2.05, 4.69) is 20.3 Å². The number of nitrogens with zero attached hydrogens (tertiary/aromatic N) is 1. The fourth-order valence-electron chi connectivity index (χ4n) is 3.03. The van der Waals surface area contributed by atoms with Crippen LogP contribution in [0, 0.1) is 0 Å². The maximum atomic E-state index is 12.2. The summed E-state index contributed by atoms with van der Waals surface area (Å²) in [4.78, 5) is 25.9. The van der Waals surface area contributed by atoms with Gasteiger partial charge < -0.3 is 15.0 Å². The summed E-state index contributed by atoms with van der Waals surface area (Å²) in [5.74, 6) is -0.121. The zero-order valence-corrected chi connectivity index (χ0v) is 15.1. The Morgan fingerprint density at radius 1 is 1.12 bits per heavy atom. The molecular formula is C19H29N3O3. The number of likely N-dealkylation sites (tertiary alicyclic amines) is 1. The third-order valence-electron chi connectivity index (χ3n) is 4.44. The molecule has 0 atom stereocenters. The number of methoxy groups -OCH3 is 1. The highest BCUT2D eigenvalue weighted by Crippen LogP contribution is 2.12. The molecule has 1 saturated heterocycles. The van der Waals surface area contributed by atoms with Gasteiger partial charge in [0, 0.05) is 17.8 Å². The summed E-state index contributed by atoms with van der Waals surface area (Å²) in [6, 6.07) is 6.82. The molecule has 2 amide bonds. The number of nitrogens with one attached hydrogen (secondary N) is 2. The third kappa shape index (κ3) is 7.13. The number of carbonyl (C=O) groups excluding carboxylic acids is 2. The summed E-state index contributed by atoms with van der Waals surface area (Å²) in [7, 11) is 1.30. The van der Waals surface area contributed by atoms with Crippen LogP contribution >= 0.6 is 0 Å². The first-order chi connectivity index (χ1) is 12.2. The van der Waals surface area contributed by atoms with Gasteiger partial charge in [-0.05, 0) is 63.5 Å². The minimum absolute atomic E-state index is 0.121. The molecule has 6 heteroatoms. The van der Waals surface area contributed by atoms with Crippen LogP contribution in [0.3, 0.4) is 0 Å². The lowest BCUT2D eigenvalue weighted by atomic mass is 10.1. The van der Waals surface area contributed by atoms with E-state index in [-0.39, 0.29) is 5.91 Å². The number of benzene rings is 1. The van der Waals surface area contributed by atoms with Crippen LogP contribution in [0.15, 0.2) is 24.3 Å². The molecular weight excluding hydrogens is 318 g/mol. The lowest BCUT2D eigenvalue weighted by Gasteiger charge is -2.26. The van der Waals surface area contributed by atoms with Gasteiger partial charge in [-0.3, -0.25) is 10.1 Å². The quantitative estimate of drug-likeness (QED) is 0.708. The van der Waals surface area contributed by atoms with Crippen molar-refractivity contribution in [1.29, 1.82) is 0 Å². The maximum Gasteiger partial charge on any atom is 0.411 e. The van der Waals surface area contributed by atoms with Crippen molar-refractivity contribution in [1.82, 2.24) is 10.2 Å². The van der Waals surface area contributed by atoms with E-state index in [0.717, 1.165) is 12.8 Å². The Kier molecular flexibility index (Phi) is 8.25. The number of hydrogen-bond donors (Lipinski definition) is 2. The molecule has 1 heterocycles. The van der Waals surface area contributed by atoms with Crippen LogP contribution in [0.2, 0.25) is 0 Å². The van der Waals surface area contributed by atoms with Crippen molar-refractivity contribution in [3.63, 3.8) is 0 Å². The van der Waals surface area contributed by atoms with Gasteiger partial charge in [-0.1, -0.05) is 18.9 Å². The molecule has 1 aliphatic heterocycles. The molecule has 0 saturated carbocycles. The van der Waals surface area contributed by atoms with E-state index in [1.807, 2.05) is 0 Å². The lowest BCUT2D eigenvalue weighted by molar-refractivity contribution is 0.0952. The van der Waals surface area contributed by atoms with Gasteiger partial charge in [0.2, 0.25) is 0 Å². The molecule has 138 valence electrons. The second-order valence-corrected chi connectivity index (χ2v) is 6.42.